The van der Waals surface area contributed by atoms with Crippen molar-refractivity contribution < 1.29 is 9.90 Å². The van der Waals surface area contributed by atoms with Crippen LogP contribution in [0.2, 0.25) is 0 Å². The van der Waals surface area contributed by atoms with Gasteiger partial charge in [0.25, 0.3) is 0 Å². The summed E-state index contributed by atoms with van der Waals surface area (Å²) < 4.78 is 0.720. The van der Waals surface area contributed by atoms with Crippen molar-refractivity contribution in [3.63, 3.8) is 0 Å². The molecule has 2 N–H and O–H groups in total. The minimum atomic E-state index is -0.823. The summed E-state index contributed by atoms with van der Waals surface area (Å²) in [6.45, 7) is 0.986. The van der Waals surface area contributed by atoms with Gasteiger partial charge >= 0.3 is 5.97 Å². The van der Waals surface area contributed by atoms with Crippen LogP contribution in [0.25, 0.3) is 0 Å². The van der Waals surface area contributed by atoms with Crippen LogP contribution in [0.5, 0.6) is 0 Å². The van der Waals surface area contributed by atoms with E-state index in [1.54, 1.807) is 0 Å². The first-order valence-electron chi connectivity index (χ1n) is 6.62. The van der Waals surface area contributed by atoms with Crippen molar-refractivity contribution in [3.8, 4) is 0 Å². The summed E-state index contributed by atoms with van der Waals surface area (Å²) in [6, 6.07) is 0. The second-order valence-electron chi connectivity index (χ2n) is 5.37. The molecule has 0 amide bonds. The number of nitrogens with zero attached hydrogens (tertiary/aromatic N) is 2. The molecule has 7 heteroatoms. The van der Waals surface area contributed by atoms with Gasteiger partial charge in [-0.2, -0.15) is 0 Å². The number of anilines is 1. The van der Waals surface area contributed by atoms with Crippen molar-refractivity contribution in [2.24, 2.45) is 17.8 Å². The lowest BCUT2D eigenvalue weighted by molar-refractivity contribution is -0.133. The first kappa shape index (κ1) is 13.2. The Morgan fingerprint density at radius 3 is 3.00 bits per heavy atom. The van der Waals surface area contributed by atoms with Crippen LogP contribution >= 0.6 is 23.1 Å². The summed E-state index contributed by atoms with van der Waals surface area (Å²) in [4.78, 5) is 10.5. The number of carboxylic acids is 1. The number of thioether (sulfide) groups is 1. The highest BCUT2D eigenvalue weighted by Crippen LogP contribution is 2.48. The Morgan fingerprint density at radius 1 is 1.42 bits per heavy atom. The third kappa shape index (κ3) is 3.20. The summed E-state index contributed by atoms with van der Waals surface area (Å²) in [6.07, 6.45) is 5.60. The Bertz CT molecular complexity index is 466. The molecule has 0 spiro atoms. The van der Waals surface area contributed by atoms with Gasteiger partial charge < -0.3 is 10.4 Å². The second-order valence-corrected chi connectivity index (χ2v) is 7.57. The first-order valence-corrected chi connectivity index (χ1v) is 8.43. The first-order chi connectivity index (χ1) is 9.20. The summed E-state index contributed by atoms with van der Waals surface area (Å²) in [5.74, 6) is 1.88. The molecule has 2 bridgehead atoms. The Balaban J connectivity index is 1.46. The largest absolute Gasteiger partial charge is 0.481 e. The molecular formula is C12H17N3O2S2. The maximum absolute atomic E-state index is 10.5. The molecule has 0 aromatic carbocycles. The van der Waals surface area contributed by atoms with E-state index in [0.29, 0.717) is 0 Å². The molecular weight excluding hydrogens is 282 g/mol. The van der Waals surface area contributed by atoms with Crippen molar-refractivity contribution >= 4 is 34.2 Å². The third-order valence-corrected chi connectivity index (χ3v) is 6.12. The molecule has 3 rings (SSSR count). The number of rotatable bonds is 6. The van der Waals surface area contributed by atoms with Gasteiger partial charge in [0.1, 0.15) is 0 Å². The number of hydrogen-bond acceptors (Lipinski definition) is 6. The van der Waals surface area contributed by atoms with Crippen molar-refractivity contribution in [3.05, 3.63) is 0 Å². The minimum absolute atomic E-state index is 0.0427. The summed E-state index contributed by atoms with van der Waals surface area (Å²) in [5, 5.41) is 20.8. The van der Waals surface area contributed by atoms with E-state index < -0.39 is 5.97 Å². The average molecular weight is 299 g/mol. The SMILES string of the molecule is O=C(O)CSc1nnc(NCC2CC3CCC2C3)s1. The molecule has 3 unspecified atom stereocenters. The molecule has 2 fully saturated rings. The van der Waals surface area contributed by atoms with Gasteiger partial charge in [0.05, 0.1) is 5.75 Å². The molecule has 2 saturated carbocycles. The number of carbonyl (C=O) groups is 1. The predicted octanol–water partition coefficient (Wildman–Crippen LogP) is 2.56. The highest BCUT2D eigenvalue weighted by molar-refractivity contribution is 8.01. The van der Waals surface area contributed by atoms with E-state index in [2.05, 4.69) is 15.5 Å². The van der Waals surface area contributed by atoms with Crippen LogP contribution < -0.4 is 5.32 Å². The van der Waals surface area contributed by atoms with Gasteiger partial charge in [-0.3, -0.25) is 4.79 Å². The van der Waals surface area contributed by atoms with E-state index in [1.807, 2.05) is 0 Å². The molecule has 19 heavy (non-hydrogen) atoms. The predicted molar refractivity (Wildman–Crippen MR) is 75.7 cm³/mol. The van der Waals surface area contributed by atoms with Crippen LogP contribution in [0.3, 0.4) is 0 Å². The third-order valence-electron chi connectivity index (χ3n) is 4.13. The van der Waals surface area contributed by atoms with Gasteiger partial charge in [-0.1, -0.05) is 29.5 Å². The van der Waals surface area contributed by atoms with E-state index >= 15 is 0 Å². The number of aliphatic carboxylic acids is 1. The van der Waals surface area contributed by atoms with Gasteiger partial charge in [-0.25, -0.2) is 0 Å². The van der Waals surface area contributed by atoms with E-state index in [-0.39, 0.29) is 5.75 Å². The van der Waals surface area contributed by atoms with Gasteiger partial charge in [0.2, 0.25) is 5.13 Å². The summed E-state index contributed by atoms with van der Waals surface area (Å²) in [5.41, 5.74) is 0. The molecule has 3 atom stereocenters. The zero-order valence-electron chi connectivity index (χ0n) is 10.5. The molecule has 104 valence electrons. The number of fused-ring (bicyclic) bond motifs is 2. The van der Waals surface area contributed by atoms with E-state index in [9.17, 15) is 4.79 Å². The summed E-state index contributed by atoms with van der Waals surface area (Å²) >= 11 is 2.67. The molecule has 5 nitrogen and oxygen atoms in total. The topological polar surface area (TPSA) is 75.1 Å². The van der Waals surface area contributed by atoms with Gasteiger partial charge in [0.15, 0.2) is 4.34 Å². The lowest BCUT2D eigenvalue weighted by Crippen LogP contribution is -2.19. The molecule has 0 aliphatic heterocycles. The van der Waals surface area contributed by atoms with Gasteiger partial charge in [-0.05, 0) is 37.0 Å². The van der Waals surface area contributed by atoms with Crippen LogP contribution in [0.15, 0.2) is 4.34 Å². The van der Waals surface area contributed by atoms with Crippen molar-refractivity contribution in [2.75, 3.05) is 17.6 Å². The van der Waals surface area contributed by atoms with Crippen LogP contribution in [0.1, 0.15) is 25.7 Å². The molecule has 0 radical (unpaired) electrons. The van der Waals surface area contributed by atoms with Crippen molar-refractivity contribution in [1.29, 1.82) is 0 Å². The number of hydrogen-bond donors (Lipinski definition) is 2. The fourth-order valence-electron chi connectivity index (χ4n) is 3.31. The number of carboxylic acid groups (broad SMARTS) is 1. The van der Waals surface area contributed by atoms with Crippen LogP contribution in [-0.4, -0.2) is 33.6 Å². The fourth-order valence-corrected chi connectivity index (χ4v) is 4.79. The van der Waals surface area contributed by atoms with Crippen LogP contribution in [-0.2, 0) is 4.79 Å². The molecule has 1 aromatic heterocycles. The smallest absolute Gasteiger partial charge is 0.313 e. The summed E-state index contributed by atoms with van der Waals surface area (Å²) in [7, 11) is 0. The number of nitrogens with one attached hydrogen (secondary N) is 1. The molecule has 1 heterocycles. The Hall–Kier alpha value is -0.820. The molecule has 1 aromatic rings. The molecule has 2 aliphatic rings. The highest BCUT2D eigenvalue weighted by atomic mass is 32.2. The van der Waals surface area contributed by atoms with E-state index in [4.69, 9.17) is 5.11 Å². The lowest BCUT2D eigenvalue weighted by Gasteiger charge is -2.21. The highest BCUT2D eigenvalue weighted by Gasteiger charge is 2.39. The molecule has 0 saturated heterocycles. The standard InChI is InChI=1S/C12H17N3O2S2/c16-10(17)6-18-12-15-14-11(19-12)13-5-9-4-7-1-2-8(9)3-7/h7-9H,1-6H2,(H,13,14)(H,16,17). The van der Waals surface area contributed by atoms with Gasteiger partial charge in [0, 0.05) is 6.54 Å². The van der Waals surface area contributed by atoms with Crippen LogP contribution in [0.4, 0.5) is 5.13 Å². The Morgan fingerprint density at radius 2 is 2.32 bits per heavy atom. The average Bonchev–Trinajstić information content (AvgIpc) is 3.10. The zero-order chi connectivity index (χ0) is 13.2. The monoisotopic (exact) mass is 299 g/mol. The minimum Gasteiger partial charge on any atom is -0.481 e. The Labute approximate surface area is 120 Å². The maximum atomic E-state index is 10.5. The number of aromatic nitrogens is 2. The maximum Gasteiger partial charge on any atom is 0.313 e. The zero-order valence-corrected chi connectivity index (χ0v) is 12.2. The second kappa shape index (κ2) is 5.66. The van der Waals surface area contributed by atoms with Gasteiger partial charge in [-0.15, -0.1) is 10.2 Å². The van der Waals surface area contributed by atoms with E-state index in [0.717, 1.165) is 33.8 Å². The van der Waals surface area contributed by atoms with E-state index in [1.165, 1.54) is 48.8 Å². The van der Waals surface area contributed by atoms with Crippen molar-refractivity contribution in [1.82, 2.24) is 10.2 Å². The van der Waals surface area contributed by atoms with Crippen LogP contribution in [0, 0.1) is 17.8 Å². The quantitative estimate of drug-likeness (QED) is 0.786. The normalized spacial score (nSPS) is 28.7. The van der Waals surface area contributed by atoms with Crippen molar-refractivity contribution in [2.45, 2.75) is 30.0 Å². The molecule has 2 aliphatic carbocycles. The fraction of sp³-hybridized carbons (Fsp3) is 0.750. The Kier molecular flexibility index (Phi) is 3.93. The lowest BCUT2D eigenvalue weighted by atomic mass is 9.89.